The topological polar surface area (TPSA) is 79.3 Å². The van der Waals surface area contributed by atoms with Crippen LogP contribution < -0.4 is 5.32 Å². The van der Waals surface area contributed by atoms with Gasteiger partial charge >= 0.3 is 5.97 Å². The highest BCUT2D eigenvalue weighted by Gasteiger charge is 2.65. The normalized spacial score (nSPS) is 23.7. The summed E-state index contributed by atoms with van der Waals surface area (Å²) in [5.74, 6) is -2.04. The lowest BCUT2D eigenvalue weighted by molar-refractivity contribution is -0.140. The van der Waals surface area contributed by atoms with Crippen molar-refractivity contribution in [3.8, 4) is 0 Å². The Kier molecular flexibility index (Phi) is 3.55. The molecule has 0 saturated heterocycles. The van der Waals surface area contributed by atoms with Crippen LogP contribution in [0.25, 0.3) is 0 Å². The summed E-state index contributed by atoms with van der Waals surface area (Å²) in [6.45, 7) is 4.14. The van der Waals surface area contributed by atoms with Gasteiger partial charge in [0, 0.05) is 18.9 Å². The number of rotatable bonds is 5. The number of hydrogen-bond acceptors (Lipinski definition) is 3. The highest BCUT2D eigenvalue weighted by Crippen LogP contribution is 2.58. The van der Waals surface area contributed by atoms with Gasteiger partial charge < -0.3 is 10.4 Å². The molecule has 1 fully saturated rings. The van der Waals surface area contributed by atoms with Gasteiger partial charge in [0.05, 0.1) is 11.8 Å². The fraction of sp³-hybridized carbons (Fsp3) is 0.500. The molecule has 5 nitrogen and oxygen atoms in total. The minimum absolute atomic E-state index is 0.165. The van der Waals surface area contributed by atoms with E-state index in [-0.39, 0.29) is 5.91 Å². The first-order chi connectivity index (χ1) is 8.94. The summed E-state index contributed by atoms with van der Waals surface area (Å²) in [7, 11) is 0. The third kappa shape index (κ3) is 2.75. The highest BCUT2D eigenvalue weighted by atomic mass is 16.4. The van der Waals surface area contributed by atoms with Crippen LogP contribution in [0, 0.1) is 17.3 Å². The second-order valence-corrected chi connectivity index (χ2v) is 5.52. The van der Waals surface area contributed by atoms with E-state index in [9.17, 15) is 9.59 Å². The number of aliphatic carboxylic acids is 1. The molecule has 1 aromatic heterocycles. The number of carbonyl (C=O) groups is 2. The lowest BCUT2D eigenvalue weighted by Gasteiger charge is -2.05. The zero-order valence-corrected chi connectivity index (χ0v) is 11.1. The molecule has 102 valence electrons. The van der Waals surface area contributed by atoms with Crippen LogP contribution in [-0.2, 0) is 16.0 Å². The lowest BCUT2D eigenvalue weighted by atomic mass is 10.1. The standard InChI is InChI=1S/C14H18N2O3/c1-14(2)10(11(14)13(18)19)12(17)16-7-5-9-4-3-6-15-8-9/h3-4,6,8,10-11H,5,7H2,1-2H3,(H,16,17)(H,18,19)/t10-,11+/m1/s1. The van der Waals surface area contributed by atoms with Crippen LogP contribution in [-0.4, -0.2) is 28.5 Å². The minimum Gasteiger partial charge on any atom is -0.481 e. The van der Waals surface area contributed by atoms with E-state index in [1.54, 1.807) is 12.4 Å². The van der Waals surface area contributed by atoms with E-state index in [0.29, 0.717) is 13.0 Å². The lowest BCUT2D eigenvalue weighted by Crippen LogP contribution is -2.29. The van der Waals surface area contributed by atoms with Crippen molar-refractivity contribution in [1.29, 1.82) is 0 Å². The molecule has 2 rings (SSSR count). The Balaban J connectivity index is 1.82. The van der Waals surface area contributed by atoms with Crippen molar-refractivity contribution in [2.45, 2.75) is 20.3 Å². The Labute approximate surface area is 112 Å². The van der Waals surface area contributed by atoms with Crippen molar-refractivity contribution in [1.82, 2.24) is 10.3 Å². The molecule has 0 radical (unpaired) electrons. The van der Waals surface area contributed by atoms with E-state index in [1.165, 1.54) is 0 Å². The summed E-state index contributed by atoms with van der Waals surface area (Å²) in [4.78, 5) is 26.9. The maximum atomic E-state index is 11.9. The molecule has 0 spiro atoms. The molecule has 0 aliphatic heterocycles. The van der Waals surface area contributed by atoms with Gasteiger partial charge in [0.1, 0.15) is 0 Å². The third-order valence-corrected chi connectivity index (χ3v) is 3.81. The molecular formula is C14H18N2O3. The molecule has 1 heterocycles. The first-order valence-electron chi connectivity index (χ1n) is 6.34. The zero-order chi connectivity index (χ0) is 14.0. The predicted molar refractivity (Wildman–Crippen MR) is 69.3 cm³/mol. The van der Waals surface area contributed by atoms with Crippen LogP contribution in [0.4, 0.5) is 0 Å². The van der Waals surface area contributed by atoms with Crippen LogP contribution in [0.2, 0.25) is 0 Å². The molecule has 19 heavy (non-hydrogen) atoms. The molecule has 0 unspecified atom stereocenters. The van der Waals surface area contributed by atoms with Crippen molar-refractivity contribution >= 4 is 11.9 Å². The molecule has 2 atom stereocenters. The van der Waals surface area contributed by atoms with Crippen LogP contribution in [0.5, 0.6) is 0 Å². The number of amides is 1. The Hall–Kier alpha value is -1.91. The number of nitrogens with one attached hydrogen (secondary N) is 1. The molecule has 5 heteroatoms. The van der Waals surface area contributed by atoms with Gasteiger partial charge in [0.25, 0.3) is 0 Å². The summed E-state index contributed by atoms with van der Waals surface area (Å²) >= 11 is 0. The van der Waals surface area contributed by atoms with Crippen molar-refractivity contribution in [3.63, 3.8) is 0 Å². The number of carboxylic acid groups (broad SMARTS) is 1. The first kappa shape index (κ1) is 13.5. The Morgan fingerprint density at radius 3 is 2.68 bits per heavy atom. The smallest absolute Gasteiger partial charge is 0.307 e. The highest BCUT2D eigenvalue weighted by molar-refractivity contribution is 5.91. The third-order valence-electron chi connectivity index (χ3n) is 3.81. The zero-order valence-electron chi connectivity index (χ0n) is 11.1. The van der Waals surface area contributed by atoms with E-state index >= 15 is 0 Å². The molecular weight excluding hydrogens is 244 g/mol. The summed E-state index contributed by atoms with van der Waals surface area (Å²) < 4.78 is 0. The summed E-state index contributed by atoms with van der Waals surface area (Å²) in [6, 6.07) is 3.79. The number of aromatic nitrogens is 1. The van der Waals surface area contributed by atoms with E-state index in [4.69, 9.17) is 5.11 Å². The quantitative estimate of drug-likeness (QED) is 0.832. The number of carboxylic acids is 1. The second kappa shape index (κ2) is 4.99. The van der Waals surface area contributed by atoms with Gasteiger partial charge in [0.15, 0.2) is 0 Å². The van der Waals surface area contributed by atoms with Gasteiger partial charge in [-0.1, -0.05) is 19.9 Å². The summed E-state index contributed by atoms with van der Waals surface area (Å²) in [6.07, 6.45) is 4.16. The molecule has 1 saturated carbocycles. The van der Waals surface area contributed by atoms with Crippen LogP contribution >= 0.6 is 0 Å². The average molecular weight is 262 g/mol. The largest absolute Gasteiger partial charge is 0.481 e. The van der Waals surface area contributed by atoms with Gasteiger partial charge in [-0.2, -0.15) is 0 Å². The van der Waals surface area contributed by atoms with Gasteiger partial charge in [-0.05, 0) is 23.5 Å². The van der Waals surface area contributed by atoms with Crippen LogP contribution in [0.3, 0.4) is 0 Å². The molecule has 1 amide bonds. The van der Waals surface area contributed by atoms with E-state index < -0.39 is 23.2 Å². The van der Waals surface area contributed by atoms with Crippen LogP contribution in [0.15, 0.2) is 24.5 Å². The van der Waals surface area contributed by atoms with Gasteiger partial charge in [-0.25, -0.2) is 0 Å². The van der Waals surface area contributed by atoms with Crippen molar-refractivity contribution in [2.75, 3.05) is 6.54 Å². The molecule has 0 bridgehead atoms. The van der Waals surface area contributed by atoms with Crippen molar-refractivity contribution in [2.24, 2.45) is 17.3 Å². The maximum absolute atomic E-state index is 11.9. The number of pyridine rings is 1. The molecule has 0 aromatic carbocycles. The molecule has 2 N–H and O–H groups in total. The second-order valence-electron chi connectivity index (χ2n) is 5.52. The van der Waals surface area contributed by atoms with Gasteiger partial charge in [-0.3, -0.25) is 14.6 Å². The Morgan fingerprint density at radius 2 is 2.16 bits per heavy atom. The summed E-state index contributed by atoms with van der Waals surface area (Å²) in [5, 5.41) is 11.8. The Morgan fingerprint density at radius 1 is 1.42 bits per heavy atom. The fourth-order valence-corrected chi connectivity index (χ4v) is 2.57. The van der Waals surface area contributed by atoms with E-state index in [1.807, 2.05) is 26.0 Å². The van der Waals surface area contributed by atoms with E-state index in [2.05, 4.69) is 10.3 Å². The SMILES string of the molecule is CC1(C)[C@H](C(=O)O)[C@@H]1C(=O)NCCc1cccnc1. The number of nitrogens with zero attached hydrogens (tertiary/aromatic N) is 1. The monoisotopic (exact) mass is 262 g/mol. The molecule has 1 aliphatic carbocycles. The first-order valence-corrected chi connectivity index (χ1v) is 6.34. The summed E-state index contributed by atoms with van der Waals surface area (Å²) in [5.41, 5.74) is 0.608. The average Bonchev–Trinajstić information content (AvgIpc) is 2.94. The predicted octanol–water partition coefficient (Wildman–Crippen LogP) is 1.10. The van der Waals surface area contributed by atoms with E-state index in [0.717, 1.165) is 5.56 Å². The molecule has 1 aromatic rings. The van der Waals surface area contributed by atoms with Gasteiger partial charge in [-0.15, -0.1) is 0 Å². The number of carbonyl (C=O) groups excluding carboxylic acids is 1. The van der Waals surface area contributed by atoms with Crippen molar-refractivity contribution < 1.29 is 14.7 Å². The maximum Gasteiger partial charge on any atom is 0.307 e. The molecule has 1 aliphatic rings. The fourth-order valence-electron chi connectivity index (χ4n) is 2.57. The Bertz CT molecular complexity index is 485. The van der Waals surface area contributed by atoms with Crippen LogP contribution in [0.1, 0.15) is 19.4 Å². The number of hydrogen-bond donors (Lipinski definition) is 2. The minimum atomic E-state index is -0.891. The van der Waals surface area contributed by atoms with Gasteiger partial charge in [0.2, 0.25) is 5.91 Å². The van der Waals surface area contributed by atoms with Crippen molar-refractivity contribution in [3.05, 3.63) is 30.1 Å².